The predicted octanol–water partition coefficient (Wildman–Crippen LogP) is 0.867. The Balaban J connectivity index is 0.00000220. The zero-order chi connectivity index (χ0) is 14.4. The molecule has 2 rings (SSSR count). The standard InChI is InChI=1S/C13H24N6O.HI/c1-4-14-13(15-7-12-16-10-17-19(12)3)18(2)8-11-5-6-20-9-11;/h10-11H,4-9H2,1-3H3,(H,14,15);1H. The smallest absolute Gasteiger partial charge is 0.194 e. The van der Waals surface area contributed by atoms with Crippen LogP contribution in [0.5, 0.6) is 0 Å². The summed E-state index contributed by atoms with van der Waals surface area (Å²) >= 11 is 0. The number of nitrogens with zero attached hydrogens (tertiary/aromatic N) is 5. The van der Waals surface area contributed by atoms with Gasteiger partial charge >= 0.3 is 0 Å². The van der Waals surface area contributed by atoms with Gasteiger partial charge in [-0.15, -0.1) is 24.0 Å². The van der Waals surface area contributed by atoms with Gasteiger partial charge in [-0.3, -0.25) is 4.68 Å². The number of hydrogen-bond donors (Lipinski definition) is 1. The van der Waals surface area contributed by atoms with Gasteiger partial charge in [0, 0.05) is 39.7 Å². The van der Waals surface area contributed by atoms with Crippen molar-refractivity contribution >= 4 is 29.9 Å². The number of aromatic nitrogens is 3. The first-order valence-electron chi connectivity index (χ1n) is 7.10. The van der Waals surface area contributed by atoms with Gasteiger partial charge in [-0.25, -0.2) is 9.98 Å². The first-order chi connectivity index (χ1) is 9.70. The molecule has 1 fully saturated rings. The van der Waals surface area contributed by atoms with Gasteiger partial charge < -0.3 is 15.0 Å². The third-order valence-corrected chi connectivity index (χ3v) is 3.43. The molecule has 21 heavy (non-hydrogen) atoms. The van der Waals surface area contributed by atoms with Crippen LogP contribution in [0.1, 0.15) is 19.2 Å². The van der Waals surface area contributed by atoms with E-state index in [2.05, 4.69) is 39.3 Å². The SMILES string of the molecule is CCNC(=NCc1ncnn1C)N(C)CC1CCOC1.I. The summed E-state index contributed by atoms with van der Waals surface area (Å²) < 4.78 is 7.17. The van der Waals surface area contributed by atoms with Crippen molar-refractivity contribution in [3.8, 4) is 0 Å². The monoisotopic (exact) mass is 408 g/mol. The van der Waals surface area contributed by atoms with E-state index in [-0.39, 0.29) is 24.0 Å². The molecule has 1 aromatic rings. The van der Waals surface area contributed by atoms with Crippen LogP contribution in [-0.2, 0) is 18.3 Å². The van der Waals surface area contributed by atoms with Gasteiger partial charge in [0.15, 0.2) is 5.96 Å². The summed E-state index contributed by atoms with van der Waals surface area (Å²) in [5.41, 5.74) is 0. The highest BCUT2D eigenvalue weighted by Gasteiger charge is 2.19. The number of aryl methyl sites for hydroxylation is 1. The van der Waals surface area contributed by atoms with Crippen molar-refractivity contribution in [2.45, 2.75) is 19.9 Å². The highest BCUT2D eigenvalue weighted by Crippen LogP contribution is 2.13. The van der Waals surface area contributed by atoms with Gasteiger partial charge in [0.1, 0.15) is 18.7 Å². The summed E-state index contributed by atoms with van der Waals surface area (Å²) in [6.45, 7) is 6.15. The van der Waals surface area contributed by atoms with Crippen LogP contribution in [0.4, 0.5) is 0 Å². The largest absolute Gasteiger partial charge is 0.381 e. The second kappa shape index (κ2) is 9.19. The average molecular weight is 408 g/mol. The van der Waals surface area contributed by atoms with E-state index >= 15 is 0 Å². The zero-order valence-corrected chi connectivity index (χ0v) is 15.3. The zero-order valence-electron chi connectivity index (χ0n) is 12.9. The molecule has 0 aromatic carbocycles. The van der Waals surface area contributed by atoms with Crippen LogP contribution in [0.3, 0.4) is 0 Å². The van der Waals surface area contributed by atoms with Crippen molar-refractivity contribution in [2.75, 3.05) is 33.4 Å². The molecule has 1 aliphatic heterocycles. The third kappa shape index (κ3) is 5.42. The van der Waals surface area contributed by atoms with Crippen LogP contribution in [0, 0.1) is 5.92 Å². The lowest BCUT2D eigenvalue weighted by molar-refractivity contribution is 0.181. The molecule has 1 saturated heterocycles. The van der Waals surface area contributed by atoms with E-state index in [1.807, 2.05) is 7.05 Å². The topological polar surface area (TPSA) is 67.6 Å². The average Bonchev–Trinajstić information content (AvgIpc) is 3.06. The van der Waals surface area contributed by atoms with Gasteiger partial charge in [-0.2, -0.15) is 5.10 Å². The molecular weight excluding hydrogens is 383 g/mol. The van der Waals surface area contributed by atoms with Crippen LogP contribution < -0.4 is 5.32 Å². The third-order valence-electron chi connectivity index (χ3n) is 3.43. The van der Waals surface area contributed by atoms with Crippen molar-refractivity contribution < 1.29 is 4.74 Å². The molecule has 1 atom stereocenters. The predicted molar refractivity (Wildman–Crippen MR) is 92.8 cm³/mol. The molecule has 1 aromatic heterocycles. The Hall–Kier alpha value is -0.900. The molecule has 1 aliphatic rings. The summed E-state index contributed by atoms with van der Waals surface area (Å²) in [7, 11) is 3.95. The number of halogens is 1. The molecule has 0 bridgehead atoms. The Morgan fingerprint density at radius 1 is 1.62 bits per heavy atom. The molecule has 8 heteroatoms. The summed E-state index contributed by atoms with van der Waals surface area (Å²) in [6.07, 6.45) is 2.68. The first kappa shape index (κ1) is 18.1. The molecule has 1 unspecified atom stereocenters. The molecule has 0 radical (unpaired) electrons. The Labute approximate surface area is 143 Å². The van der Waals surface area contributed by atoms with Crippen molar-refractivity contribution in [1.82, 2.24) is 25.0 Å². The number of ether oxygens (including phenoxy) is 1. The maximum absolute atomic E-state index is 5.42. The summed E-state index contributed by atoms with van der Waals surface area (Å²) in [6, 6.07) is 0. The fourth-order valence-corrected chi connectivity index (χ4v) is 2.28. The van der Waals surface area contributed by atoms with Crippen LogP contribution in [-0.4, -0.2) is 59.0 Å². The van der Waals surface area contributed by atoms with Crippen molar-refractivity contribution in [3.63, 3.8) is 0 Å². The summed E-state index contributed by atoms with van der Waals surface area (Å²) in [4.78, 5) is 11.0. The molecule has 0 spiro atoms. The summed E-state index contributed by atoms with van der Waals surface area (Å²) in [5.74, 6) is 2.36. The normalized spacial score (nSPS) is 18.4. The fraction of sp³-hybridized carbons (Fsp3) is 0.769. The van der Waals surface area contributed by atoms with Gasteiger partial charge in [0.25, 0.3) is 0 Å². The molecule has 120 valence electrons. The minimum atomic E-state index is 0. The van der Waals surface area contributed by atoms with Gasteiger partial charge in [0.05, 0.1) is 6.61 Å². The van der Waals surface area contributed by atoms with Gasteiger partial charge in [-0.05, 0) is 13.3 Å². The van der Waals surface area contributed by atoms with E-state index < -0.39 is 0 Å². The molecule has 0 saturated carbocycles. The quantitative estimate of drug-likeness (QED) is 0.445. The highest BCUT2D eigenvalue weighted by atomic mass is 127. The van der Waals surface area contributed by atoms with E-state index in [9.17, 15) is 0 Å². The number of guanidine groups is 1. The van der Waals surface area contributed by atoms with E-state index in [0.29, 0.717) is 12.5 Å². The first-order valence-corrected chi connectivity index (χ1v) is 7.10. The van der Waals surface area contributed by atoms with E-state index in [0.717, 1.165) is 44.5 Å². The minimum absolute atomic E-state index is 0. The Kier molecular flexibility index (Phi) is 7.94. The Bertz CT molecular complexity index is 444. The van der Waals surface area contributed by atoms with Crippen molar-refractivity contribution in [3.05, 3.63) is 12.2 Å². The van der Waals surface area contributed by atoms with Crippen molar-refractivity contribution in [1.29, 1.82) is 0 Å². The van der Waals surface area contributed by atoms with Crippen LogP contribution in [0.15, 0.2) is 11.3 Å². The highest BCUT2D eigenvalue weighted by molar-refractivity contribution is 14.0. The number of rotatable bonds is 5. The van der Waals surface area contributed by atoms with E-state index in [4.69, 9.17) is 4.74 Å². The number of hydrogen-bond acceptors (Lipinski definition) is 4. The van der Waals surface area contributed by atoms with E-state index in [1.54, 1.807) is 11.0 Å². The molecule has 0 aliphatic carbocycles. The van der Waals surface area contributed by atoms with Gasteiger partial charge in [0.2, 0.25) is 0 Å². The summed E-state index contributed by atoms with van der Waals surface area (Å²) in [5, 5.41) is 7.37. The maximum atomic E-state index is 5.42. The van der Waals surface area contributed by atoms with Crippen molar-refractivity contribution in [2.24, 2.45) is 18.0 Å². The lowest BCUT2D eigenvalue weighted by Crippen LogP contribution is -2.41. The lowest BCUT2D eigenvalue weighted by Gasteiger charge is -2.24. The van der Waals surface area contributed by atoms with Gasteiger partial charge in [-0.1, -0.05) is 0 Å². The molecular formula is C13H25IN6O. The molecule has 2 heterocycles. The molecule has 7 nitrogen and oxygen atoms in total. The number of nitrogens with one attached hydrogen (secondary N) is 1. The number of aliphatic imine (C=N–C) groups is 1. The minimum Gasteiger partial charge on any atom is -0.381 e. The molecule has 0 amide bonds. The Morgan fingerprint density at radius 3 is 3.00 bits per heavy atom. The van der Waals surface area contributed by atoms with Crippen LogP contribution >= 0.6 is 24.0 Å². The van der Waals surface area contributed by atoms with Crippen LogP contribution in [0.2, 0.25) is 0 Å². The fourth-order valence-electron chi connectivity index (χ4n) is 2.28. The van der Waals surface area contributed by atoms with E-state index in [1.165, 1.54) is 0 Å². The lowest BCUT2D eigenvalue weighted by atomic mass is 10.1. The second-order valence-electron chi connectivity index (χ2n) is 5.08. The maximum Gasteiger partial charge on any atom is 0.194 e. The second-order valence-corrected chi connectivity index (χ2v) is 5.08. The van der Waals surface area contributed by atoms with Crippen LogP contribution in [0.25, 0.3) is 0 Å². The Morgan fingerprint density at radius 2 is 2.43 bits per heavy atom. The molecule has 1 N–H and O–H groups in total.